The van der Waals surface area contributed by atoms with Crippen LogP contribution >= 0.6 is 0 Å². The number of ether oxygens (including phenoxy) is 1. The number of rotatable bonds is 11. The molecule has 0 radical (unpaired) electrons. The first-order valence-electron chi connectivity index (χ1n) is 11.0. The fourth-order valence-electron chi connectivity index (χ4n) is 3.33. The van der Waals surface area contributed by atoms with Crippen LogP contribution in [0.25, 0.3) is 6.08 Å². The van der Waals surface area contributed by atoms with Gasteiger partial charge in [0.1, 0.15) is 22.9 Å². The maximum absolute atomic E-state index is 12.9. The van der Waals surface area contributed by atoms with Crippen molar-refractivity contribution in [2.24, 2.45) is 7.05 Å². The Hall–Kier alpha value is -3.42. The number of Topliss-reactive ketones (excluding diaryl/α,β-unsaturated/α-hetero) is 1. The van der Waals surface area contributed by atoms with Crippen molar-refractivity contribution in [2.75, 3.05) is 7.11 Å². The number of allylic oxidation sites excluding steroid dienone is 2. The summed E-state index contributed by atoms with van der Waals surface area (Å²) in [6, 6.07) is 1.32. The molecule has 0 amide bonds. The van der Waals surface area contributed by atoms with Gasteiger partial charge in [0.2, 0.25) is 0 Å². The Balaban J connectivity index is 2.14. The number of hydrogen-bond donors (Lipinski definition) is 1. The van der Waals surface area contributed by atoms with Gasteiger partial charge in [-0.3, -0.25) is 9.59 Å². The minimum absolute atomic E-state index is 0.170. The third-order valence-electron chi connectivity index (χ3n) is 5.28. The van der Waals surface area contributed by atoms with Gasteiger partial charge in [-0.05, 0) is 32.3 Å². The van der Waals surface area contributed by atoms with E-state index in [1.807, 2.05) is 30.8 Å². The Kier molecular flexibility index (Phi) is 9.39. The molecule has 2 aromatic heterocycles. The summed E-state index contributed by atoms with van der Waals surface area (Å²) in [4.78, 5) is 41.0. The Morgan fingerprint density at radius 3 is 2.70 bits per heavy atom. The van der Waals surface area contributed by atoms with Gasteiger partial charge >= 0.3 is 11.6 Å². The lowest BCUT2D eigenvalue weighted by atomic mass is 9.99. The van der Waals surface area contributed by atoms with Gasteiger partial charge in [0.05, 0.1) is 19.2 Å². The first kappa shape index (κ1) is 25.8. The molecule has 0 bridgehead atoms. The minimum atomic E-state index is -0.873. The number of carbonyl (C=O) groups excluding carboxylic acids is 2. The van der Waals surface area contributed by atoms with Gasteiger partial charge in [-0.25, -0.2) is 9.78 Å². The van der Waals surface area contributed by atoms with Crippen LogP contribution in [-0.2, 0) is 23.0 Å². The highest BCUT2D eigenvalue weighted by molar-refractivity contribution is 6.11. The van der Waals surface area contributed by atoms with Crippen LogP contribution in [0, 0.1) is 0 Å². The van der Waals surface area contributed by atoms with E-state index in [1.165, 1.54) is 13.2 Å². The van der Waals surface area contributed by atoms with Crippen LogP contribution in [0.1, 0.15) is 80.0 Å². The normalized spacial score (nSPS) is 12.8. The third-order valence-corrected chi connectivity index (χ3v) is 5.28. The van der Waals surface area contributed by atoms with E-state index in [1.54, 1.807) is 19.1 Å². The molecule has 2 aromatic rings. The number of aromatic nitrogens is 2. The van der Waals surface area contributed by atoms with Crippen molar-refractivity contribution in [3.63, 3.8) is 0 Å². The number of ketones is 1. The van der Waals surface area contributed by atoms with Crippen molar-refractivity contribution in [1.82, 2.24) is 9.55 Å². The van der Waals surface area contributed by atoms with Crippen molar-refractivity contribution >= 4 is 17.8 Å². The highest BCUT2D eigenvalue weighted by Crippen LogP contribution is 2.26. The van der Waals surface area contributed by atoms with Gasteiger partial charge in [0.25, 0.3) is 0 Å². The maximum atomic E-state index is 12.9. The zero-order valence-corrected chi connectivity index (χ0v) is 19.9. The topological polar surface area (TPSA) is 112 Å². The Labute approximate surface area is 193 Å². The number of aromatic hydroxyl groups is 1. The second-order valence-electron chi connectivity index (χ2n) is 8.03. The SMILES string of the molecule is CCCc1cn(C)c(C=C(C)C(=O)c2c(O)cc(C(C)CC/C=C/CC(=O)OC)oc2=O)n1. The highest BCUT2D eigenvalue weighted by atomic mass is 16.5. The molecule has 0 fully saturated rings. The fourth-order valence-corrected chi connectivity index (χ4v) is 3.33. The maximum Gasteiger partial charge on any atom is 0.351 e. The monoisotopic (exact) mass is 456 g/mol. The molecule has 0 saturated carbocycles. The number of aryl methyl sites for hydroxylation is 2. The zero-order chi connectivity index (χ0) is 24.5. The molecule has 0 aliphatic carbocycles. The van der Waals surface area contributed by atoms with E-state index in [9.17, 15) is 19.5 Å². The summed E-state index contributed by atoms with van der Waals surface area (Å²) in [6.45, 7) is 5.49. The number of esters is 1. The molecule has 0 saturated heterocycles. The van der Waals surface area contributed by atoms with Crippen molar-refractivity contribution in [2.45, 2.75) is 58.8 Å². The second-order valence-corrected chi connectivity index (χ2v) is 8.03. The third kappa shape index (κ3) is 7.03. The minimum Gasteiger partial charge on any atom is -0.507 e. The van der Waals surface area contributed by atoms with Gasteiger partial charge in [-0.1, -0.05) is 32.4 Å². The van der Waals surface area contributed by atoms with E-state index in [-0.39, 0.29) is 29.4 Å². The van der Waals surface area contributed by atoms with Crippen LogP contribution in [0.5, 0.6) is 5.75 Å². The number of methoxy groups -OCH3 is 1. The lowest BCUT2D eigenvalue weighted by Gasteiger charge is -2.11. The van der Waals surface area contributed by atoms with Gasteiger partial charge in [0.15, 0.2) is 5.78 Å². The lowest BCUT2D eigenvalue weighted by molar-refractivity contribution is -0.139. The quantitative estimate of drug-likeness (QED) is 0.232. The van der Waals surface area contributed by atoms with Crippen LogP contribution < -0.4 is 5.63 Å². The summed E-state index contributed by atoms with van der Waals surface area (Å²) in [5.74, 6) is -0.602. The summed E-state index contributed by atoms with van der Waals surface area (Å²) in [5, 5.41) is 10.4. The molecular formula is C25H32N2O6. The molecule has 0 aliphatic rings. The van der Waals surface area contributed by atoms with Crippen molar-refractivity contribution in [1.29, 1.82) is 0 Å². The average Bonchev–Trinajstić information content (AvgIpc) is 3.11. The molecule has 178 valence electrons. The summed E-state index contributed by atoms with van der Waals surface area (Å²) in [7, 11) is 3.17. The van der Waals surface area contributed by atoms with Crippen molar-refractivity contribution in [3.8, 4) is 5.75 Å². The Morgan fingerprint density at radius 1 is 1.33 bits per heavy atom. The fraction of sp³-hybridized carbons (Fsp3) is 0.440. The van der Waals surface area contributed by atoms with E-state index in [2.05, 4.69) is 16.6 Å². The van der Waals surface area contributed by atoms with Crippen molar-refractivity contribution in [3.05, 3.63) is 63.3 Å². The van der Waals surface area contributed by atoms with E-state index >= 15 is 0 Å². The standard InChI is InChI=1S/C25H32N2O6/c1-6-10-18-15-27(4)21(26-18)13-17(3)24(30)23-19(28)14-20(33-25(23)31)16(2)11-8-7-9-12-22(29)32-5/h7,9,13-16,28H,6,8,10-12H2,1-5H3/b9-7+,17-13?. The van der Waals surface area contributed by atoms with Gasteiger partial charge in [0, 0.05) is 30.8 Å². The lowest BCUT2D eigenvalue weighted by Crippen LogP contribution is -2.16. The molecule has 2 rings (SSSR count). The van der Waals surface area contributed by atoms with E-state index in [0.717, 1.165) is 18.5 Å². The van der Waals surface area contributed by atoms with Gasteiger partial charge in [-0.2, -0.15) is 0 Å². The summed E-state index contributed by atoms with van der Waals surface area (Å²) in [6.07, 6.45) is 10.3. The van der Waals surface area contributed by atoms with Crippen LogP contribution in [0.3, 0.4) is 0 Å². The molecule has 1 N–H and O–H groups in total. The Morgan fingerprint density at radius 2 is 2.06 bits per heavy atom. The Bertz CT molecular complexity index is 1110. The predicted molar refractivity (Wildman–Crippen MR) is 125 cm³/mol. The summed E-state index contributed by atoms with van der Waals surface area (Å²) >= 11 is 0. The van der Waals surface area contributed by atoms with Gasteiger partial charge in [-0.15, -0.1) is 0 Å². The first-order chi connectivity index (χ1) is 15.7. The van der Waals surface area contributed by atoms with Crippen molar-refractivity contribution < 1.29 is 23.8 Å². The molecule has 1 unspecified atom stereocenters. The van der Waals surface area contributed by atoms with Crippen LogP contribution in [0.2, 0.25) is 0 Å². The number of nitrogens with zero attached hydrogens (tertiary/aromatic N) is 2. The van der Waals surface area contributed by atoms with Gasteiger partial charge < -0.3 is 18.8 Å². The number of imidazole rings is 1. The number of hydrogen-bond acceptors (Lipinski definition) is 7. The zero-order valence-electron chi connectivity index (χ0n) is 19.9. The van der Waals surface area contributed by atoms with Crippen LogP contribution in [0.4, 0.5) is 0 Å². The molecule has 0 aliphatic heterocycles. The summed E-state index contributed by atoms with van der Waals surface area (Å²) < 4.78 is 11.7. The first-order valence-corrected chi connectivity index (χ1v) is 11.0. The van der Waals surface area contributed by atoms with E-state index in [4.69, 9.17) is 4.42 Å². The van der Waals surface area contributed by atoms with Crippen LogP contribution in [-0.4, -0.2) is 33.5 Å². The molecule has 8 nitrogen and oxygen atoms in total. The highest BCUT2D eigenvalue weighted by Gasteiger charge is 2.22. The molecule has 0 spiro atoms. The van der Waals surface area contributed by atoms with E-state index < -0.39 is 17.2 Å². The summed E-state index contributed by atoms with van der Waals surface area (Å²) in [5.41, 5.74) is -0.0683. The molecule has 0 aromatic carbocycles. The molecule has 2 heterocycles. The molecule has 8 heteroatoms. The second kappa shape index (κ2) is 12.0. The van der Waals surface area contributed by atoms with E-state index in [0.29, 0.717) is 24.4 Å². The smallest absolute Gasteiger partial charge is 0.351 e. The average molecular weight is 457 g/mol. The number of carbonyl (C=O) groups is 2. The largest absolute Gasteiger partial charge is 0.507 e. The molecule has 33 heavy (non-hydrogen) atoms. The van der Waals surface area contributed by atoms with Crippen LogP contribution in [0.15, 0.2) is 39.2 Å². The molecular weight excluding hydrogens is 424 g/mol. The molecule has 1 atom stereocenters. The predicted octanol–water partition coefficient (Wildman–Crippen LogP) is 4.32.